The number of carbonyl (C=O) groups is 1. The molecule has 0 spiro atoms. The van der Waals surface area contributed by atoms with Crippen LogP contribution < -0.4 is 5.73 Å². The van der Waals surface area contributed by atoms with E-state index in [-0.39, 0.29) is 12.5 Å². The van der Waals surface area contributed by atoms with Crippen LogP contribution in [0.15, 0.2) is 24.3 Å². The molecule has 3 N–H and O–H groups in total. The summed E-state index contributed by atoms with van der Waals surface area (Å²) in [6.07, 6.45) is 1.57. The van der Waals surface area contributed by atoms with Gasteiger partial charge in [0.15, 0.2) is 0 Å². The van der Waals surface area contributed by atoms with E-state index in [1.807, 2.05) is 29.2 Å². The van der Waals surface area contributed by atoms with Gasteiger partial charge in [-0.25, -0.2) is 0 Å². The molecule has 1 aromatic carbocycles. The van der Waals surface area contributed by atoms with Gasteiger partial charge in [0.25, 0.3) is 0 Å². The smallest absolute Gasteiger partial charge is 0.226 e. The first kappa shape index (κ1) is 14.7. The van der Waals surface area contributed by atoms with Gasteiger partial charge in [-0.1, -0.05) is 12.1 Å². The minimum absolute atomic E-state index is 0.126. The summed E-state index contributed by atoms with van der Waals surface area (Å²) in [6.45, 7) is 1.46. The van der Waals surface area contributed by atoms with Crippen molar-refractivity contribution in [3.63, 3.8) is 0 Å². The van der Waals surface area contributed by atoms with Crippen LogP contribution in [0.25, 0.3) is 0 Å². The summed E-state index contributed by atoms with van der Waals surface area (Å²) in [7, 11) is 0. The Labute approximate surface area is 127 Å². The van der Waals surface area contributed by atoms with Gasteiger partial charge in [0, 0.05) is 23.2 Å². The van der Waals surface area contributed by atoms with Gasteiger partial charge in [-0.15, -0.1) is 0 Å². The topological polar surface area (TPSA) is 66.6 Å². The van der Waals surface area contributed by atoms with E-state index in [0.29, 0.717) is 32.4 Å². The fourth-order valence-corrected chi connectivity index (χ4v) is 2.92. The number of benzene rings is 1. The zero-order valence-corrected chi connectivity index (χ0v) is 13.0. The highest BCUT2D eigenvalue weighted by Crippen LogP contribution is 2.21. The Kier molecular flexibility index (Phi) is 4.81. The quantitative estimate of drug-likeness (QED) is 0.781. The predicted molar refractivity (Wildman–Crippen MR) is 82.7 cm³/mol. The normalized spacial score (nSPS) is 18.4. The first-order valence-electron chi connectivity index (χ1n) is 6.47. The third kappa shape index (κ3) is 3.90. The van der Waals surface area contributed by atoms with E-state index in [0.717, 1.165) is 9.13 Å². The molecule has 1 aliphatic rings. The molecule has 2 rings (SSSR count). The second kappa shape index (κ2) is 6.19. The number of nitrogens with zero attached hydrogens (tertiary/aromatic N) is 1. The zero-order valence-electron chi connectivity index (χ0n) is 10.8. The predicted octanol–water partition coefficient (Wildman–Crippen LogP) is 1.15. The van der Waals surface area contributed by atoms with Crippen LogP contribution in [0.5, 0.6) is 0 Å². The molecule has 1 aromatic rings. The Hall–Kier alpha value is -0.660. The molecule has 0 aliphatic carbocycles. The van der Waals surface area contributed by atoms with Crippen molar-refractivity contribution in [2.45, 2.75) is 24.9 Å². The maximum atomic E-state index is 12.2. The average molecular weight is 374 g/mol. The number of carbonyl (C=O) groups excluding carboxylic acids is 1. The van der Waals surface area contributed by atoms with Crippen molar-refractivity contribution >= 4 is 28.5 Å². The van der Waals surface area contributed by atoms with Gasteiger partial charge in [-0.3, -0.25) is 4.79 Å². The molecule has 5 heteroatoms. The van der Waals surface area contributed by atoms with E-state index in [1.165, 1.54) is 0 Å². The van der Waals surface area contributed by atoms with Gasteiger partial charge >= 0.3 is 0 Å². The summed E-state index contributed by atoms with van der Waals surface area (Å²) >= 11 is 2.24. The number of hydrogen-bond donors (Lipinski definition) is 2. The van der Waals surface area contributed by atoms with Crippen LogP contribution in [0.3, 0.4) is 0 Å². The number of piperidine rings is 1. The Morgan fingerprint density at radius 2 is 2.11 bits per heavy atom. The number of nitrogens with two attached hydrogens (primary N) is 1. The molecule has 0 aromatic heterocycles. The first-order valence-corrected chi connectivity index (χ1v) is 7.55. The molecule has 104 valence electrons. The molecule has 1 saturated heterocycles. The van der Waals surface area contributed by atoms with Crippen LogP contribution in [-0.2, 0) is 11.2 Å². The molecule has 0 atom stereocenters. The van der Waals surface area contributed by atoms with Crippen LogP contribution in [-0.4, -0.2) is 41.1 Å². The van der Waals surface area contributed by atoms with Crippen molar-refractivity contribution < 1.29 is 9.90 Å². The summed E-state index contributed by atoms with van der Waals surface area (Å²) in [5.74, 6) is 0.126. The fourth-order valence-electron chi connectivity index (χ4n) is 2.31. The molecular formula is C14H19IN2O2. The number of hydrogen-bond acceptors (Lipinski definition) is 3. The van der Waals surface area contributed by atoms with Crippen molar-refractivity contribution in [2.24, 2.45) is 5.73 Å². The molecule has 0 radical (unpaired) electrons. The van der Waals surface area contributed by atoms with Crippen molar-refractivity contribution in [1.82, 2.24) is 4.90 Å². The molecule has 1 amide bonds. The summed E-state index contributed by atoms with van der Waals surface area (Å²) in [6, 6.07) is 7.98. The molecule has 0 bridgehead atoms. The number of aliphatic hydroxyl groups is 1. The summed E-state index contributed by atoms with van der Waals surface area (Å²) < 4.78 is 1.14. The first-order chi connectivity index (χ1) is 9.02. The SMILES string of the molecule is NCC1(O)CCN(C(=O)Cc2cccc(I)c2)CC1. The van der Waals surface area contributed by atoms with Crippen LogP contribution in [0.4, 0.5) is 0 Å². The molecule has 0 saturated carbocycles. The third-order valence-corrected chi connectivity index (χ3v) is 4.34. The minimum Gasteiger partial charge on any atom is -0.388 e. The van der Waals surface area contributed by atoms with E-state index >= 15 is 0 Å². The highest BCUT2D eigenvalue weighted by molar-refractivity contribution is 14.1. The van der Waals surface area contributed by atoms with Crippen molar-refractivity contribution in [3.05, 3.63) is 33.4 Å². The Balaban J connectivity index is 1.92. The van der Waals surface area contributed by atoms with Gasteiger partial charge in [-0.2, -0.15) is 0 Å². The number of amides is 1. The Morgan fingerprint density at radius 1 is 1.42 bits per heavy atom. The maximum absolute atomic E-state index is 12.2. The van der Waals surface area contributed by atoms with Crippen LogP contribution >= 0.6 is 22.6 Å². The Bertz CT molecular complexity index is 457. The fraction of sp³-hybridized carbons (Fsp3) is 0.500. The summed E-state index contributed by atoms with van der Waals surface area (Å²) in [5, 5.41) is 10.0. The van der Waals surface area contributed by atoms with E-state index in [2.05, 4.69) is 22.6 Å². The van der Waals surface area contributed by atoms with Crippen LogP contribution in [0, 0.1) is 3.57 Å². The van der Waals surface area contributed by atoms with Crippen molar-refractivity contribution in [1.29, 1.82) is 0 Å². The second-order valence-corrected chi connectivity index (χ2v) is 6.36. The van der Waals surface area contributed by atoms with E-state index in [4.69, 9.17) is 5.73 Å². The molecule has 0 unspecified atom stereocenters. The number of likely N-dealkylation sites (tertiary alicyclic amines) is 1. The molecule has 1 heterocycles. The van der Waals surface area contributed by atoms with Gasteiger partial charge in [0.05, 0.1) is 12.0 Å². The van der Waals surface area contributed by atoms with E-state index in [1.54, 1.807) is 0 Å². The van der Waals surface area contributed by atoms with E-state index in [9.17, 15) is 9.90 Å². The largest absolute Gasteiger partial charge is 0.388 e. The van der Waals surface area contributed by atoms with E-state index < -0.39 is 5.60 Å². The summed E-state index contributed by atoms with van der Waals surface area (Å²) in [4.78, 5) is 14.0. The lowest BCUT2D eigenvalue weighted by atomic mass is 9.91. The number of halogens is 1. The van der Waals surface area contributed by atoms with Crippen LogP contribution in [0.1, 0.15) is 18.4 Å². The molecule has 4 nitrogen and oxygen atoms in total. The highest BCUT2D eigenvalue weighted by atomic mass is 127. The van der Waals surface area contributed by atoms with Gasteiger partial charge in [0.1, 0.15) is 0 Å². The second-order valence-electron chi connectivity index (χ2n) is 5.12. The lowest BCUT2D eigenvalue weighted by Gasteiger charge is -2.37. The van der Waals surface area contributed by atoms with Gasteiger partial charge in [0.2, 0.25) is 5.91 Å². The maximum Gasteiger partial charge on any atom is 0.226 e. The lowest BCUT2D eigenvalue weighted by molar-refractivity contribution is -0.134. The molecular weight excluding hydrogens is 355 g/mol. The number of rotatable bonds is 3. The minimum atomic E-state index is -0.779. The zero-order chi connectivity index (χ0) is 13.9. The molecule has 1 fully saturated rings. The average Bonchev–Trinajstić information content (AvgIpc) is 2.39. The Morgan fingerprint density at radius 3 is 2.68 bits per heavy atom. The molecule has 1 aliphatic heterocycles. The molecule has 19 heavy (non-hydrogen) atoms. The summed E-state index contributed by atoms with van der Waals surface area (Å²) in [5.41, 5.74) is 5.80. The standard InChI is InChI=1S/C14H19IN2O2/c15-12-3-1-2-11(8-12)9-13(18)17-6-4-14(19,10-16)5-7-17/h1-3,8,19H,4-7,9-10,16H2. The monoisotopic (exact) mass is 374 g/mol. The van der Waals surface area contributed by atoms with Gasteiger partial charge < -0.3 is 15.7 Å². The highest BCUT2D eigenvalue weighted by Gasteiger charge is 2.32. The van der Waals surface area contributed by atoms with Crippen molar-refractivity contribution in [2.75, 3.05) is 19.6 Å². The lowest BCUT2D eigenvalue weighted by Crippen LogP contribution is -2.50. The third-order valence-electron chi connectivity index (χ3n) is 3.67. The van der Waals surface area contributed by atoms with Crippen LogP contribution in [0.2, 0.25) is 0 Å². The van der Waals surface area contributed by atoms with Gasteiger partial charge in [-0.05, 0) is 53.1 Å². The van der Waals surface area contributed by atoms with Crippen molar-refractivity contribution in [3.8, 4) is 0 Å².